The van der Waals surface area contributed by atoms with Gasteiger partial charge < -0.3 is 0 Å². The number of aliphatic imine (C=N–C) groups is 1. The Morgan fingerprint density at radius 3 is 2.58 bits per heavy atom. The Kier molecular flexibility index (Phi) is 1.38. The number of hydrogen-bond donors (Lipinski definition) is 0. The molecule has 1 aliphatic carbocycles. The predicted octanol–water partition coefficient (Wildman–Crippen LogP) is 2.87. The summed E-state index contributed by atoms with van der Waals surface area (Å²) in [5, 5.41) is 0. The lowest BCUT2D eigenvalue weighted by Gasteiger charge is -2.16. The summed E-state index contributed by atoms with van der Waals surface area (Å²) in [6.45, 7) is 6.57. The van der Waals surface area contributed by atoms with Crippen LogP contribution in [-0.4, -0.2) is 5.71 Å². The predicted molar refractivity (Wildman–Crippen MR) is 52.2 cm³/mol. The normalized spacial score (nSPS) is 20.4. The van der Waals surface area contributed by atoms with Gasteiger partial charge in [-0.25, -0.2) is 0 Å². The molecule has 0 aromatic carbocycles. The molecule has 0 aromatic rings. The van der Waals surface area contributed by atoms with Gasteiger partial charge in [0.05, 0.1) is 5.70 Å². The number of allylic oxidation sites excluding steroid dienone is 4. The second-order valence-electron chi connectivity index (χ2n) is 4.26. The quantitative estimate of drug-likeness (QED) is 0.515. The minimum absolute atomic E-state index is 0.173. The first-order valence-corrected chi connectivity index (χ1v) is 4.27. The van der Waals surface area contributed by atoms with Crippen molar-refractivity contribution >= 4 is 5.71 Å². The summed E-state index contributed by atoms with van der Waals surface area (Å²) in [4.78, 5) is 4.54. The van der Waals surface area contributed by atoms with Gasteiger partial charge in [-0.1, -0.05) is 32.9 Å². The first kappa shape index (κ1) is 7.53. The van der Waals surface area contributed by atoms with E-state index in [9.17, 15) is 0 Å². The molecule has 0 aromatic heterocycles. The molecule has 0 bridgehead atoms. The van der Waals surface area contributed by atoms with Gasteiger partial charge in [-0.2, -0.15) is 0 Å². The van der Waals surface area contributed by atoms with E-state index in [-0.39, 0.29) is 5.41 Å². The molecule has 1 aliphatic heterocycles. The van der Waals surface area contributed by atoms with E-state index in [1.165, 1.54) is 11.3 Å². The highest BCUT2D eigenvalue weighted by Gasteiger charge is 2.23. The van der Waals surface area contributed by atoms with E-state index < -0.39 is 0 Å². The van der Waals surface area contributed by atoms with Crippen LogP contribution in [0.5, 0.6) is 0 Å². The van der Waals surface area contributed by atoms with E-state index in [1.807, 2.05) is 6.08 Å². The van der Waals surface area contributed by atoms with E-state index in [4.69, 9.17) is 0 Å². The van der Waals surface area contributed by atoms with Gasteiger partial charge in [0, 0.05) is 16.7 Å². The molecule has 62 valence electrons. The topological polar surface area (TPSA) is 12.4 Å². The maximum atomic E-state index is 4.54. The van der Waals surface area contributed by atoms with Crippen molar-refractivity contribution in [3.63, 3.8) is 0 Å². The molecule has 1 heteroatoms. The second-order valence-corrected chi connectivity index (χ2v) is 4.26. The van der Waals surface area contributed by atoms with Crippen molar-refractivity contribution in [3.8, 4) is 0 Å². The van der Waals surface area contributed by atoms with Gasteiger partial charge in [-0.05, 0) is 12.2 Å². The van der Waals surface area contributed by atoms with E-state index in [2.05, 4.69) is 44.0 Å². The number of fused-ring (bicyclic) bond motifs is 1. The minimum Gasteiger partial charge on any atom is -0.252 e. The Hall–Kier alpha value is -1.11. The highest BCUT2D eigenvalue weighted by atomic mass is 14.8. The lowest BCUT2D eigenvalue weighted by atomic mass is 9.90. The van der Waals surface area contributed by atoms with E-state index >= 15 is 0 Å². The van der Waals surface area contributed by atoms with E-state index in [1.54, 1.807) is 0 Å². The number of nitrogens with zero attached hydrogens (tertiary/aromatic N) is 1. The van der Waals surface area contributed by atoms with Crippen molar-refractivity contribution in [2.24, 2.45) is 10.4 Å². The Bertz CT molecular complexity index is 333. The fourth-order valence-corrected chi connectivity index (χ4v) is 1.34. The fourth-order valence-electron chi connectivity index (χ4n) is 1.34. The van der Waals surface area contributed by atoms with Crippen LogP contribution in [0.1, 0.15) is 20.8 Å². The summed E-state index contributed by atoms with van der Waals surface area (Å²) in [7, 11) is 0. The zero-order chi connectivity index (χ0) is 8.77. The molecule has 2 rings (SSSR count). The number of hydrogen-bond acceptors (Lipinski definition) is 1. The molecule has 0 fully saturated rings. The molecule has 0 unspecified atom stereocenters. The van der Waals surface area contributed by atoms with Gasteiger partial charge in [0.2, 0.25) is 0 Å². The van der Waals surface area contributed by atoms with Crippen molar-refractivity contribution in [2.75, 3.05) is 0 Å². The van der Waals surface area contributed by atoms with Crippen LogP contribution < -0.4 is 0 Å². The lowest BCUT2D eigenvalue weighted by Crippen LogP contribution is -2.16. The third-order valence-corrected chi connectivity index (χ3v) is 2.13. The summed E-state index contributed by atoms with van der Waals surface area (Å²) in [6.07, 6.45) is 8.39. The van der Waals surface area contributed by atoms with Gasteiger partial charge in [0.25, 0.3) is 0 Å². The molecule has 1 heterocycles. The van der Waals surface area contributed by atoms with Crippen LogP contribution in [0.3, 0.4) is 0 Å². The minimum atomic E-state index is 0.173. The van der Waals surface area contributed by atoms with Gasteiger partial charge in [-0.3, -0.25) is 4.99 Å². The molecular formula is C11H13N. The van der Waals surface area contributed by atoms with Crippen LogP contribution in [0, 0.1) is 5.41 Å². The van der Waals surface area contributed by atoms with Crippen molar-refractivity contribution in [3.05, 3.63) is 35.6 Å². The highest BCUT2D eigenvalue weighted by Crippen LogP contribution is 2.30. The van der Waals surface area contributed by atoms with Crippen LogP contribution in [-0.2, 0) is 0 Å². The van der Waals surface area contributed by atoms with E-state index in [0.29, 0.717) is 0 Å². The average Bonchev–Trinajstić information content (AvgIpc) is 2.37. The molecule has 0 spiro atoms. The molecule has 12 heavy (non-hydrogen) atoms. The standard InChI is InChI=1S/C11H13N/c1-11(2,3)10-7-8-5-4-6-9(8)12-10/h4-7H,1-3H3. The largest absolute Gasteiger partial charge is 0.252 e. The first-order valence-electron chi connectivity index (χ1n) is 4.27. The zero-order valence-electron chi connectivity index (χ0n) is 7.76. The maximum absolute atomic E-state index is 4.54. The van der Waals surface area contributed by atoms with Gasteiger partial charge >= 0.3 is 0 Å². The second kappa shape index (κ2) is 2.19. The molecule has 0 N–H and O–H groups in total. The van der Waals surface area contributed by atoms with Crippen molar-refractivity contribution in [1.82, 2.24) is 0 Å². The van der Waals surface area contributed by atoms with Crippen LogP contribution in [0.4, 0.5) is 0 Å². The molecule has 0 saturated carbocycles. The van der Waals surface area contributed by atoms with Crippen LogP contribution in [0.2, 0.25) is 0 Å². The molecule has 0 atom stereocenters. The maximum Gasteiger partial charge on any atom is 0.0706 e. The molecule has 1 nitrogen and oxygen atoms in total. The molecule has 0 radical (unpaired) electrons. The third kappa shape index (κ3) is 1.06. The molecule has 0 amide bonds. The van der Waals surface area contributed by atoms with Gasteiger partial charge in [0.15, 0.2) is 0 Å². The Balaban J connectivity index is 2.37. The van der Waals surface area contributed by atoms with Crippen molar-refractivity contribution in [1.29, 1.82) is 0 Å². The summed E-state index contributed by atoms with van der Waals surface area (Å²) in [6, 6.07) is 0. The van der Waals surface area contributed by atoms with Gasteiger partial charge in [-0.15, -0.1) is 0 Å². The summed E-state index contributed by atoms with van der Waals surface area (Å²) >= 11 is 0. The van der Waals surface area contributed by atoms with Crippen LogP contribution in [0.25, 0.3) is 0 Å². The monoisotopic (exact) mass is 159 g/mol. The van der Waals surface area contributed by atoms with Crippen molar-refractivity contribution < 1.29 is 0 Å². The summed E-state index contributed by atoms with van der Waals surface area (Å²) < 4.78 is 0. The summed E-state index contributed by atoms with van der Waals surface area (Å²) in [5.41, 5.74) is 3.75. The lowest BCUT2D eigenvalue weighted by molar-refractivity contribution is 0.595. The Morgan fingerprint density at radius 2 is 2.00 bits per heavy atom. The molecule has 0 saturated heterocycles. The van der Waals surface area contributed by atoms with Crippen LogP contribution >= 0.6 is 0 Å². The van der Waals surface area contributed by atoms with Crippen molar-refractivity contribution in [2.45, 2.75) is 20.8 Å². The Morgan fingerprint density at radius 1 is 1.25 bits per heavy atom. The average molecular weight is 159 g/mol. The zero-order valence-corrected chi connectivity index (χ0v) is 7.76. The summed E-state index contributed by atoms with van der Waals surface area (Å²) in [5.74, 6) is 0. The SMILES string of the molecule is CC(C)(C)C1=NC2=CC=CC2=C1. The highest BCUT2D eigenvalue weighted by molar-refractivity contribution is 6.04. The Labute approximate surface area is 73.2 Å². The number of rotatable bonds is 0. The molecular weight excluding hydrogens is 146 g/mol. The molecule has 2 aliphatic rings. The smallest absolute Gasteiger partial charge is 0.0706 e. The third-order valence-electron chi connectivity index (χ3n) is 2.13. The first-order chi connectivity index (χ1) is 5.57. The van der Waals surface area contributed by atoms with Gasteiger partial charge in [0.1, 0.15) is 0 Å². The van der Waals surface area contributed by atoms with Crippen LogP contribution in [0.15, 0.2) is 40.6 Å². The van der Waals surface area contributed by atoms with E-state index in [0.717, 1.165) is 5.70 Å². The fraction of sp³-hybridized carbons (Fsp3) is 0.364.